The van der Waals surface area contributed by atoms with E-state index in [9.17, 15) is 0 Å². The van der Waals surface area contributed by atoms with Crippen molar-refractivity contribution in [1.82, 2.24) is 19.7 Å². The first-order chi connectivity index (χ1) is 14.8. The van der Waals surface area contributed by atoms with Gasteiger partial charge in [0.05, 0.1) is 0 Å². The van der Waals surface area contributed by atoms with E-state index in [1.807, 2.05) is 6.07 Å². The summed E-state index contributed by atoms with van der Waals surface area (Å²) < 4.78 is 8.15. The highest BCUT2D eigenvalue weighted by Crippen LogP contribution is 2.28. The molecule has 1 saturated heterocycles. The number of hydrogen-bond donors (Lipinski definition) is 0. The summed E-state index contributed by atoms with van der Waals surface area (Å²) in [6.45, 7) is 4.76. The Morgan fingerprint density at radius 1 is 0.967 bits per heavy atom. The molecule has 0 bridgehead atoms. The second kappa shape index (κ2) is 8.58. The van der Waals surface area contributed by atoms with E-state index in [-0.39, 0.29) is 6.10 Å². The lowest BCUT2D eigenvalue weighted by atomic mass is 10.1. The van der Waals surface area contributed by atoms with E-state index in [4.69, 9.17) is 4.74 Å². The largest absolute Gasteiger partial charge is 0.370 e. The minimum absolute atomic E-state index is 0.131. The number of hydrogen-bond acceptors (Lipinski definition) is 5. The summed E-state index contributed by atoms with van der Waals surface area (Å²) in [4.78, 5) is 4.73. The van der Waals surface area contributed by atoms with Gasteiger partial charge in [-0.1, -0.05) is 30.3 Å². The summed E-state index contributed by atoms with van der Waals surface area (Å²) in [5.41, 5.74) is 3.74. The highest BCUT2D eigenvalue weighted by atomic mass is 16.5. The van der Waals surface area contributed by atoms with Crippen molar-refractivity contribution < 1.29 is 4.74 Å². The maximum atomic E-state index is 5.85. The molecule has 1 atom stereocenters. The number of aromatic nitrogens is 3. The van der Waals surface area contributed by atoms with Crippen LogP contribution in [0, 0.1) is 0 Å². The van der Waals surface area contributed by atoms with Crippen LogP contribution in [-0.2, 0) is 24.2 Å². The Bertz CT molecular complexity index is 963. The molecular weight excluding hydrogens is 374 g/mol. The van der Waals surface area contributed by atoms with Crippen molar-refractivity contribution >= 4 is 11.4 Å². The number of benzene rings is 2. The second-order valence-electron chi connectivity index (χ2n) is 8.21. The van der Waals surface area contributed by atoms with E-state index in [1.54, 1.807) is 0 Å². The zero-order chi connectivity index (χ0) is 20.3. The van der Waals surface area contributed by atoms with Gasteiger partial charge in [-0.25, -0.2) is 0 Å². The van der Waals surface area contributed by atoms with Gasteiger partial charge < -0.3 is 14.2 Å². The summed E-state index contributed by atoms with van der Waals surface area (Å²) in [5, 5.41) is 8.91. The second-order valence-corrected chi connectivity index (χ2v) is 8.21. The van der Waals surface area contributed by atoms with Crippen LogP contribution in [0.3, 0.4) is 0 Å². The van der Waals surface area contributed by atoms with Crippen LogP contribution in [0.15, 0.2) is 54.6 Å². The van der Waals surface area contributed by atoms with Crippen LogP contribution in [0.5, 0.6) is 0 Å². The van der Waals surface area contributed by atoms with Crippen LogP contribution in [0.25, 0.3) is 0 Å². The lowest BCUT2D eigenvalue weighted by molar-refractivity contribution is 0.101. The molecule has 0 saturated carbocycles. The molecule has 3 heterocycles. The van der Waals surface area contributed by atoms with Crippen LogP contribution < -0.4 is 4.90 Å². The van der Waals surface area contributed by atoms with E-state index in [0.29, 0.717) is 0 Å². The first-order valence-corrected chi connectivity index (χ1v) is 10.9. The molecule has 0 spiro atoms. The third-order valence-electron chi connectivity index (χ3n) is 6.24. The minimum atomic E-state index is 0.131. The molecule has 0 aliphatic carbocycles. The highest BCUT2D eigenvalue weighted by Gasteiger charge is 2.27. The monoisotopic (exact) mass is 403 g/mol. The Labute approximate surface area is 178 Å². The van der Waals surface area contributed by atoms with E-state index in [0.717, 1.165) is 63.7 Å². The minimum Gasteiger partial charge on any atom is -0.370 e. The van der Waals surface area contributed by atoms with Crippen molar-refractivity contribution in [2.75, 3.05) is 31.6 Å². The molecule has 2 aliphatic rings. The van der Waals surface area contributed by atoms with Crippen molar-refractivity contribution in [2.45, 2.75) is 38.5 Å². The Morgan fingerprint density at radius 2 is 1.77 bits per heavy atom. The van der Waals surface area contributed by atoms with Crippen molar-refractivity contribution in [3.8, 4) is 0 Å². The SMILES string of the molecule is CN(c1ccccc1)c1ccc(CN2CCc3nnc([C@@H]4CCCO4)n3CC2)cc1. The highest BCUT2D eigenvalue weighted by molar-refractivity contribution is 5.62. The van der Waals surface area contributed by atoms with Crippen molar-refractivity contribution in [2.24, 2.45) is 0 Å². The Balaban J connectivity index is 1.22. The van der Waals surface area contributed by atoms with Crippen molar-refractivity contribution in [1.29, 1.82) is 0 Å². The van der Waals surface area contributed by atoms with Crippen LogP contribution in [0.4, 0.5) is 11.4 Å². The van der Waals surface area contributed by atoms with Gasteiger partial charge in [0.1, 0.15) is 11.9 Å². The molecular formula is C24H29N5O. The van der Waals surface area contributed by atoms with Gasteiger partial charge >= 0.3 is 0 Å². The summed E-state index contributed by atoms with van der Waals surface area (Å²) in [6, 6.07) is 19.4. The molecule has 1 aromatic heterocycles. The van der Waals surface area contributed by atoms with E-state index in [2.05, 4.69) is 80.1 Å². The lowest BCUT2D eigenvalue weighted by Gasteiger charge is -2.22. The average molecular weight is 404 g/mol. The number of rotatable bonds is 5. The summed E-state index contributed by atoms with van der Waals surface area (Å²) in [6.07, 6.45) is 3.25. The number of nitrogens with zero attached hydrogens (tertiary/aromatic N) is 5. The summed E-state index contributed by atoms with van der Waals surface area (Å²) in [7, 11) is 2.11. The van der Waals surface area contributed by atoms with Crippen LogP contribution in [0.2, 0.25) is 0 Å². The van der Waals surface area contributed by atoms with E-state index < -0.39 is 0 Å². The first kappa shape index (κ1) is 19.3. The fourth-order valence-corrected chi connectivity index (χ4v) is 4.45. The number of para-hydroxylation sites is 1. The molecule has 1 fully saturated rings. The molecule has 2 aromatic carbocycles. The molecule has 2 aliphatic heterocycles. The van der Waals surface area contributed by atoms with E-state index >= 15 is 0 Å². The van der Waals surface area contributed by atoms with E-state index in [1.165, 1.54) is 16.9 Å². The number of anilines is 2. The average Bonchev–Trinajstić information content (AvgIpc) is 3.42. The van der Waals surface area contributed by atoms with Gasteiger partial charge in [0, 0.05) is 57.6 Å². The molecule has 30 heavy (non-hydrogen) atoms. The van der Waals surface area contributed by atoms with Gasteiger partial charge in [-0.15, -0.1) is 10.2 Å². The predicted octanol–water partition coefficient (Wildman–Crippen LogP) is 3.96. The molecule has 3 aromatic rings. The topological polar surface area (TPSA) is 46.4 Å². The summed E-state index contributed by atoms with van der Waals surface area (Å²) in [5.74, 6) is 2.13. The van der Waals surface area contributed by atoms with Gasteiger partial charge in [-0.3, -0.25) is 4.90 Å². The molecule has 156 valence electrons. The number of ether oxygens (including phenoxy) is 1. The summed E-state index contributed by atoms with van der Waals surface area (Å²) >= 11 is 0. The van der Waals surface area contributed by atoms with Crippen LogP contribution >= 0.6 is 0 Å². The molecule has 0 N–H and O–H groups in total. The molecule has 6 nitrogen and oxygen atoms in total. The third kappa shape index (κ3) is 3.98. The standard InChI is InChI=1S/C24H29N5O/c1-27(20-6-3-2-4-7-20)21-11-9-19(10-12-21)18-28-14-13-23-25-26-24(29(23)16-15-28)22-8-5-17-30-22/h2-4,6-7,9-12,22H,5,8,13-18H2,1H3/t22-/m0/s1. The van der Waals surface area contributed by atoms with Gasteiger partial charge in [-0.2, -0.15) is 0 Å². The fourth-order valence-electron chi connectivity index (χ4n) is 4.45. The maximum Gasteiger partial charge on any atom is 0.162 e. The van der Waals surface area contributed by atoms with Crippen molar-refractivity contribution in [3.63, 3.8) is 0 Å². The quantitative estimate of drug-likeness (QED) is 0.645. The fraction of sp³-hybridized carbons (Fsp3) is 0.417. The Morgan fingerprint density at radius 3 is 2.53 bits per heavy atom. The maximum absolute atomic E-state index is 5.85. The Kier molecular flexibility index (Phi) is 5.51. The van der Waals surface area contributed by atoms with Gasteiger partial charge in [0.15, 0.2) is 5.82 Å². The van der Waals surface area contributed by atoms with Crippen LogP contribution in [0.1, 0.15) is 36.2 Å². The molecule has 0 radical (unpaired) electrons. The normalized spacial score (nSPS) is 19.4. The zero-order valence-electron chi connectivity index (χ0n) is 17.6. The Hall–Kier alpha value is -2.70. The molecule has 6 heteroatoms. The lowest BCUT2D eigenvalue weighted by Crippen LogP contribution is -2.27. The third-order valence-corrected chi connectivity index (χ3v) is 6.24. The number of fused-ring (bicyclic) bond motifs is 1. The zero-order valence-corrected chi connectivity index (χ0v) is 17.6. The first-order valence-electron chi connectivity index (χ1n) is 10.9. The molecule has 0 amide bonds. The van der Waals surface area contributed by atoms with Crippen LogP contribution in [-0.4, -0.2) is 46.4 Å². The predicted molar refractivity (Wildman–Crippen MR) is 118 cm³/mol. The molecule has 5 rings (SSSR count). The molecule has 0 unspecified atom stereocenters. The van der Waals surface area contributed by atoms with Gasteiger partial charge in [-0.05, 0) is 42.7 Å². The van der Waals surface area contributed by atoms with Gasteiger partial charge in [0.25, 0.3) is 0 Å². The van der Waals surface area contributed by atoms with Crippen molar-refractivity contribution in [3.05, 3.63) is 71.8 Å². The van der Waals surface area contributed by atoms with Gasteiger partial charge in [0.2, 0.25) is 0 Å². The smallest absolute Gasteiger partial charge is 0.162 e.